The van der Waals surface area contributed by atoms with E-state index in [1.807, 2.05) is 17.9 Å². The third kappa shape index (κ3) is 1.97. The third-order valence-electron chi connectivity index (χ3n) is 3.35. The molecule has 0 aliphatic carbocycles. The Balaban J connectivity index is 2.21. The highest BCUT2D eigenvalue weighted by Crippen LogP contribution is 2.28. The van der Waals surface area contributed by atoms with Crippen LogP contribution in [0.5, 0.6) is 0 Å². The van der Waals surface area contributed by atoms with Gasteiger partial charge in [0, 0.05) is 13.1 Å². The van der Waals surface area contributed by atoms with E-state index in [0.717, 1.165) is 25.9 Å². The molecule has 1 aromatic carbocycles. The first-order valence-corrected chi connectivity index (χ1v) is 6.10. The lowest BCUT2D eigenvalue weighted by Crippen LogP contribution is -2.38. The topological polar surface area (TPSA) is 20.3 Å². The fraction of sp³-hybridized carbons (Fsp3) is 0.500. The number of carbonyl (C=O) groups excluding carboxylic acids is 1. The minimum absolute atomic E-state index is 0.0295. The van der Waals surface area contributed by atoms with E-state index in [9.17, 15) is 4.79 Å². The number of rotatable bonds is 3. The average molecular weight is 217 g/mol. The predicted octanol–water partition coefficient (Wildman–Crippen LogP) is 2.93. The molecule has 0 saturated heterocycles. The maximum atomic E-state index is 12.1. The van der Waals surface area contributed by atoms with Crippen LogP contribution in [0.3, 0.4) is 0 Å². The first kappa shape index (κ1) is 11.2. The Kier molecular flexibility index (Phi) is 3.28. The molecule has 1 aromatic rings. The summed E-state index contributed by atoms with van der Waals surface area (Å²) in [6.07, 6.45) is 2.24. The molecule has 16 heavy (non-hydrogen) atoms. The van der Waals surface area contributed by atoms with E-state index in [0.29, 0.717) is 0 Å². The van der Waals surface area contributed by atoms with Crippen LogP contribution >= 0.6 is 0 Å². The van der Waals surface area contributed by atoms with Gasteiger partial charge < -0.3 is 4.90 Å². The number of nitrogens with zero attached hydrogens (tertiary/aromatic N) is 1. The van der Waals surface area contributed by atoms with E-state index in [2.05, 4.69) is 25.1 Å². The van der Waals surface area contributed by atoms with E-state index in [1.54, 1.807) is 0 Å². The monoisotopic (exact) mass is 217 g/mol. The second-order valence-electron chi connectivity index (χ2n) is 4.53. The standard InChI is InChI=1S/C14H19NO/c1-3-4-9-15-10-12-7-5-6-8-13(12)11(2)14(15)16/h5-8,11H,3-4,9-10H2,1-2H3. The second kappa shape index (κ2) is 4.69. The van der Waals surface area contributed by atoms with Crippen LogP contribution < -0.4 is 0 Å². The molecule has 0 N–H and O–H groups in total. The first-order chi connectivity index (χ1) is 7.74. The minimum atomic E-state index is 0.0295. The van der Waals surface area contributed by atoms with Crippen LogP contribution in [0.1, 0.15) is 43.7 Å². The molecule has 1 amide bonds. The Bertz CT molecular complexity index is 386. The number of amides is 1. The minimum Gasteiger partial charge on any atom is -0.338 e. The molecule has 1 atom stereocenters. The smallest absolute Gasteiger partial charge is 0.230 e. The van der Waals surface area contributed by atoms with Gasteiger partial charge in [0.2, 0.25) is 5.91 Å². The third-order valence-corrected chi connectivity index (χ3v) is 3.35. The lowest BCUT2D eigenvalue weighted by Gasteiger charge is -2.32. The lowest BCUT2D eigenvalue weighted by molar-refractivity contribution is -0.134. The van der Waals surface area contributed by atoms with Gasteiger partial charge in [-0.15, -0.1) is 0 Å². The van der Waals surface area contributed by atoms with Gasteiger partial charge in [-0.2, -0.15) is 0 Å². The van der Waals surface area contributed by atoms with Gasteiger partial charge in [0.15, 0.2) is 0 Å². The van der Waals surface area contributed by atoms with Crippen LogP contribution in [0, 0.1) is 0 Å². The van der Waals surface area contributed by atoms with Crippen molar-refractivity contribution in [1.29, 1.82) is 0 Å². The molecule has 0 aromatic heterocycles. The highest BCUT2D eigenvalue weighted by molar-refractivity contribution is 5.85. The van der Waals surface area contributed by atoms with Gasteiger partial charge in [-0.3, -0.25) is 4.79 Å². The summed E-state index contributed by atoms with van der Waals surface area (Å²) in [5.41, 5.74) is 2.52. The van der Waals surface area contributed by atoms with Gasteiger partial charge in [0.25, 0.3) is 0 Å². The van der Waals surface area contributed by atoms with Crippen molar-refractivity contribution in [3.8, 4) is 0 Å². The SMILES string of the molecule is CCCCN1Cc2ccccc2C(C)C1=O. The molecule has 1 aliphatic heterocycles. The van der Waals surface area contributed by atoms with Crippen molar-refractivity contribution < 1.29 is 4.79 Å². The van der Waals surface area contributed by atoms with Gasteiger partial charge in [0.1, 0.15) is 0 Å². The Labute approximate surface area is 97.3 Å². The molecule has 2 rings (SSSR count). The number of hydrogen-bond acceptors (Lipinski definition) is 1. The fourth-order valence-electron chi connectivity index (χ4n) is 2.33. The summed E-state index contributed by atoms with van der Waals surface area (Å²) in [5, 5.41) is 0. The molecular formula is C14H19NO. The summed E-state index contributed by atoms with van der Waals surface area (Å²) < 4.78 is 0. The maximum absolute atomic E-state index is 12.1. The fourth-order valence-corrected chi connectivity index (χ4v) is 2.33. The molecule has 0 bridgehead atoms. The molecule has 1 unspecified atom stereocenters. The lowest BCUT2D eigenvalue weighted by atomic mass is 9.90. The molecule has 2 nitrogen and oxygen atoms in total. The van der Waals surface area contributed by atoms with Crippen molar-refractivity contribution in [2.45, 2.75) is 39.2 Å². The zero-order valence-corrected chi connectivity index (χ0v) is 10.1. The largest absolute Gasteiger partial charge is 0.338 e. The highest BCUT2D eigenvalue weighted by atomic mass is 16.2. The van der Waals surface area contributed by atoms with Crippen molar-refractivity contribution >= 4 is 5.91 Å². The van der Waals surface area contributed by atoms with E-state index in [1.165, 1.54) is 11.1 Å². The van der Waals surface area contributed by atoms with E-state index >= 15 is 0 Å². The zero-order chi connectivity index (χ0) is 11.5. The van der Waals surface area contributed by atoms with E-state index in [4.69, 9.17) is 0 Å². The Morgan fingerprint density at radius 1 is 1.38 bits per heavy atom. The van der Waals surface area contributed by atoms with Crippen molar-refractivity contribution in [1.82, 2.24) is 4.90 Å². The van der Waals surface area contributed by atoms with E-state index in [-0.39, 0.29) is 11.8 Å². The Hall–Kier alpha value is -1.31. The Morgan fingerprint density at radius 3 is 2.88 bits per heavy atom. The van der Waals surface area contributed by atoms with Gasteiger partial charge in [-0.25, -0.2) is 0 Å². The molecule has 1 heterocycles. The van der Waals surface area contributed by atoms with Gasteiger partial charge >= 0.3 is 0 Å². The normalized spacial score (nSPS) is 19.8. The van der Waals surface area contributed by atoms with Crippen molar-refractivity contribution in [3.05, 3.63) is 35.4 Å². The molecule has 0 saturated carbocycles. The van der Waals surface area contributed by atoms with Crippen molar-refractivity contribution in [3.63, 3.8) is 0 Å². The molecule has 86 valence electrons. The summed E-state index contributed by atoms with van der Waals surface area (Å²) in [7, 11) is 0. The summed E-state index contributed by atoms with van der Waals surface area (Å²) in [6, 6.07) is 8.29. The number of fused-ring (bicyclic) bond motifs is 1. The van der Waals surface area contributed by atoms with Crippen molar-refractivity contribution in [2.75, 3.05) is 6.54 Å². The van der Waals surface area contributed by atoms with Gasteiger partial charge in [-0.05, 0) is 24.5 Å². The van der Waals surface area contributed by atoms with Crippen LogP contribution in [0.2, 0.25) is 0 Å². The number of carbonyl (C=O) groups is 1. The summed E-state index contributed by atoms with van der Waals surface area (Å²) in [5.74, 6) is 0.314. The van der Waals surface area contributed by atoms with Crippen LogP contribution in [0.25, 0.3) is 0 Å². The first-order valence-electron chi connectivity index (χ1n) is 6.10. The Morgan fingerprint density at radius 2 is 2.12 bits per heavy atom. The van der Waals surface area contributed by atoms with E-state index < -0.39 is 0 Å². The van der Waals surface area contributed by atoms with Crippen LogP contribution in [0.15, 0.2) is 24.3 Å². The van der Waals surface area contributed by atoms with Crippen molar-refractivity contribution in [2.24, 2.45) is 0 Å². The molecule has 2 heteroatoms. The molecule has 1 aliphatic rings. The molecular weight excluding hydrogens is 198 g/mol. The number of benzene rings is 1. The molecule has 0 spiro atoms. The zero-order valence-electron chi connectivity index (χ0n) is 10.1. The summed E-state index contributed by atoms with van der Waals surface area (Å²) in [4.78, 5) is 14.1. The average Bonchev–Trinajstić information content (AvgIpc) is 2.32. The highest BCUT2D eigenvalue weighted by Gasteiger charge is 2.28. The van der Waals surface area contributed by atoms with Crippen LogP contribution in [0.4, 0.5) is 0 Å². The molecule has 0 fully saturated rings. The van der Waals surface area contributed by atoms with Crippen LogP contribution in [-0.4, -0.2) is 17.4 Å². The van der Waals surface area contributed by atoms with Crippen LogP contribution in [-0.2, 0) is 11.3 Å². The number of unbranched alkanes of at least 4 members (excludes halogenated alkanes) is 1. The summed E-state index contributed by atoms with van der Waals surface area (Å²) in [6.45, 7) is 5.86. The maximum Gasteiger partial charge on any atom is 0.230 e. The van der Waals surface area contributed by atoms with Gasteiger partial charge in [0.05, 0.1) is 5.92 Å². The van der Waals surface area contributed by atoms with Gasteiger partial charge in [-0.1, -0.05) is 37.6 Å². The molecule has 0 radical (unpaired) electrons. The second-order valence-corrected chi connectivity index (χ2v) is 4.53. The quantitative estimate of drug-likeness (QED) is 0.762. The predicted molar refractivity (Wildman–Crippen MR) is 65.2 cm³/mol. The number of hydrogen-bond donors (Lipinski definition) is 0. The summed E-state index contributed by atoms with van der Waals surface area (Å²) >= 11 is 0.